The predicted octanol–water partition coefficient (Wildman–Crippen LogP) is 5.20. The molecule has 2 heterocycles. The average Bonchev–Trinajstić information content (AvgIpc) is 3.11. The van der Waals surface area contributed by atoms with Gasteiger partial charge >= 0.3 is 6.09 Å². The van der Waals surface area contributed by atoms with Crippen molar-refractivity contribution in [2.45, 2.75) is 42.0 Å². The first-order valence-electron chi connectivity index (χ1n) is 9.44. The van der Waals surface area contributed by atoms with Gasteiger partial charge in [0.05, 0.1) is 11.4 Å². The number of amides is 1. The van der Waals surface area contributed by atoms with Crippen LogP contribution < -0.4 is 0 Å². The highest BCUT2D eigenvalue weighted by molar-refractivity contribution is 7.93. The van der Waals surface area contributed by atoms with Crippen molar-refractivity contribution in [2.75, 3.05) is 7.05 Å². The van der Waals surface area contributed by atoms with Gasteiger partial charge in [-0.05, 0) is 45.0 Å². The molecule has 0 unspecified atom stereocenters. The molecule has 170 valence electrons. The van der Waals surface area contributed by atoms with E-state index in [4.69, 9.17) is 16.3 Å². The van der Waals surface area contributed by atoms with Gasteiger partial charge < -0.3 is 9.64 Å². The standard InChI is InChI=1S/C21H21ClFN3O4S2/c1-21(2,3)30-20(27)26(4)12-17-25-18(14-7-5-6-8-15(14)23)19(31-17)32(28,29)13-9-10-16(22)24-11-13/h5-11H,12H2,1-4H3. The van der Waals surface area contributed by atoms with E-state index in [2.05, 4.69) is 9.97 Å². The van der Waals surface area contributed by atoms with Gasteiger partial charge in [0.25, 0.3) is 0 Å². The molecule has 7 nitrogen and oxygen atoms in total. The summed E-state index contributed by atoms with van der Waals surface area (Å²) < 4.78 is 46.4. The number of nitrogens with zero attached hydrogens (tertiary/aromatic N) is 3. The van der Waals surface area contributed by atoms with Crippen LogP contribution in [0.4, 0.5) is 9.18 Å². The number of halogens is 2. The SMILES string of the molecule is CN(Cc1nc(-c2ccccc2F)c(S(=O)(=O)c2ccc(Cl)nc2)s1)C(=O)OC(C)(C)C. The van der Waals surface area contributed by atoms with Crippen molar-refractivity contribution in [3.05, 3.63) is 58.6 Å². The van der Waals surface area contributed by atoms with E-state index in [0.717, 1.165) is 17.5 Å². The zero-order valence-electron chi connectivity index (χ0n) is 17.8. The monoisotopic (exact) mass is 497 g/mol. The van der Waals surface area contributed by atoms with E-state index in [1.165, 1.54) is 42.3 Å². The summed E-state index contributed by atoms with van der Waals surface area (Å²) in [5.74, 6) is -0.615. The molecular formula is C21H21ClFN3O4S2. The summed E-state index contributed by atoms with van der Waals surface area (Å²) >= 11 is 6.63. The normalized spacial score (nSPS) is 11.9. The van der Waals surface area contributed by atoms with Crippen LogP contribution in [0.3, 0.4) is 0 Å². The lowest BCUT2D eigenvalue weighted by Gasteiger charge is -2.24. The Balaban J connectivity index is 2.06. The molecule has 11 heteroatoms. The van der Waals surface area contributed by atoms with E-state index in [0.29, 0.717) is 5.01 Å². The molecule has 0 bridgehead atoms. The van der Waals surface area contributed by atoms with Crippen LogP contribution in [0, 0.1) is 5.82 Å². The number of pyridine rings is 1. The Morgan fingerprint density at radius 1 is 1.22 bits per heavy atom. The van der Waals surface area contributed by atoms with E-state index in [-0.39, 0.29) is 32.1 Å². The van der Waals surface area contributed by atoms with Crippen molar-refractivity contribution in [1.29, 1.82) is 0 Å². The van der Waals surface area contributed by atoms with Gasteiger partial charge in [0.15, 0.2) is 4.21 Å². The molecule has 0 spiro atoms. The molecule has 0 aliphatic heterocycles. The van der Waals surface area contributed by atoms with Gasteiger partial charge in [0.2, 0.25) is 9.84 Å². The first-order chi connectivity index (χ1) is 14.9. The molecule has 0 aliphatic rings. The maximum atomic E-state index is 14.5. The number of sulfone groups is 1. The molecule has 3 aromatic rings. The fraction of sp³-hybridized carbons (Fsp3) is 0.286. The third kappa shape index (κ3) is 5.43. The van der Waals surface area contributed by atoms with Crippen molar-refractivity contribution in [3.63, 3.8) is 0 Å². The molecule has 2 aromatic heterocycles. The Bertz CT molecular complexity index is 1240. The Hall–Kier alpha value is -2.56. The second kappa shape index (κ2) is 9.13. The van der Waals surface area contributed by atoms with Gasteiger partial charge in [-0.3, -0.25) is 0 Å². The van der Waals surface area contributed by atoms with E-state index < -0.39 is 27.3 Å². The number of aromatic nitrogens is 2. The van der Waals surface area contributed by atoms with Gasteiger partial charge in [-0.1, -0.05) is 23.7 Å². The lowest BCUT2D eigenvalue weighted by molar-refractivity contribution is 0.0285. The number of hydrogen-bond acceptors (Lipinski definition) is 7. The molecule has 32 heavy (non-hydrogen) atoms. The minimum Gasteiger partial charge on any atom is -0.444 e. The largest absolute Gasteiger partial charge is 0.444 e. The third-order valence-electron chi connectivity index (χ3n) is 4.10. The second-order valence-electron chi connectivity index (χ2n) is 7.88. The van der Waals surface area contributed by atoms with Gasteiger partial charge in [-0.15, -0.1) is 11.3 Å². The van der Waals surface area contributed by atoms with Crippen molar-refractivity contribution in [3.8, 4) is 11.3 Å². The minimum atomic E-state index is -4.08. The molecule has 0 aliphatic carbocycles. The summed E-state index contributed by atoms with van der Waals surface area (Å²) in [6.45, 7) is 5.20. The fourth-order valence-corrected chi connectivity index (χ4v) is 5.71. The Labute approximate surface area is 194 Å². The summed E-state index contributed by atoms with van der Waals surface area (Å²) in [4.78, 5) is 21.7. The molecule has 0 saturated heterocycles. The van der Waals surface area contributed by atoms with Crippen LogP contribution in [0.1, 0.15) is 25.8 Å². The van der Waals surface area contributed by atoms with Crippen LogP contribution in [-0.2, 0) is 21.1 Å². The highest BCUT2D eigenvalue weighted by Gasteiger charge is 2.29. The number of thiazole rings is 1. The van der Waals surface area contributed by atoms with Crippen LogP contribution in [0.25, 0.3) is 11.3 Å². The molecule has 0 N–H and O–H groups in total. The maximum Gasteiger partial charge on any atom is 0.410 e. The number of hydrogen-bond donors (Lipinski definition) is 0. The van der Waals surface area contributed by atoms with Crippen molar-refractivity contribution < 1.29 is 22.3 Å². The number of carbonyl (C=O) groups is 1. The van der Waals surface area contributed by atoms with Crippen molar-refractivity contribution >= 4 is 38.9 Å². The highest BCUT2D eigenvalue weighted by Crippen LogP contribution is 2.37. The lowest BCUT2D eigenvalue weighted by atomic mass is 10.1. The summed E-state index contributed by atoms with van der Waals surface area (Å²) in [5, 5.41) is 0.444. The smallest absolute Gasteiger partial charge is 0.410 e. The third-order valence-corrected chi connectivity index (χ3v) is 7.61. The Kier molecular flexibility index (Phi) is 6.87. The van der Waals surface area contributed by atoms with Gasteiger partial charge in [-0.25, -0.2) is 27.6 Å². The number of ether oxygens (including phenoxy) is 1. The number of rotatable bonds is 5. The molecule has 1 aromatic carbocycles. The van der Waals surface area contributed by atoms with E-state index in [9.17, 15) is 17.6 Å². The second-order valence-corrected chi connectivity index (χ2v) is 11.5. The van der Waals surface area contributed by atoms with Crippen molar-refractivity contribution in [2.24, 2.45) is 0 Å². The molecule has 3 rings (SSSR count). The zero-order valence-corrected chi connectivity index (χ0v) is 20.2. The van der Waals surface area contributed by atoms with Gasteiger partial charge in [0, 0.05) is 18.8 Å². The molecule has 0 saturated carbocycles. The number of carbonyl (C=O) groups excluding carboxylic acids is 1. The Morgan fingerprint density at radius 2 is 1.91 bits per heavy atom. The van der Waals surface area contributed by atoms with Crippen LogP contribution in [0.5, 0.6) is 0 Å². The van der Waals surface area contributed by atoms with Crippen molar-refractivity contribution in [1.82, 2.24) is 14.9 Å². The van der Waals surface area contributed by atoms with Gasteiger partial charge in [0.1, 0.15) is 27.3 Å². The summed E-state index contributed by atoms with van der Waals surface area (Å²) in [6.07, 6.45) is 0.543. The first kappa shape index (κ1) is 24.1. The summed E-state index contributed by atoms with van der Waals surface area (Å²) in [6, 6.07) is 8.44. The molecular weight excluding hydrogens is 477 g/mol. The Morgan fingerprint density at radius 3 is 2.50 bits per heavy atom. The fourth-order valence-electron chi connectivity index (χ4n) is 2.66. The highest BCUT2D eigenvalue weighted by atomic mass is 35.5. The zero-order chi connectivity index (χ0) is 23.7. The summed E-state index contributed by atoms with van der Waals surface area (Å²) in [5.41, 5.74) is -0.686. The first-order valence-corrected chi connectivity index (χ1v) is 12.1. The van der Waals surface area contributed by atoms with E-state index in [1.54, 1.807) is 26.8 Å². The van der Waals surface area contributed by atoms with Crippen LogP contribution >= 0.6 is 22.9 Å². The van der Waals surface area contributed by atoms with Crippen LogP contribution in [-0.4, -0.2) is 42.0 Å². The topological polar surface area (TPSA) is 89.5 Å². The van der Waals surface area contributed by atoms with E-state index >= 15 is 0 Å². The maximum absolute atomic E-state index is 14.5. The quantitative estimate of drug-likeness (QED) is 0.450. The summed E-state index contributed by atoms with van der Waals surface area (Å²) in [7, 11) is -2.57. The number of benzene rings is 1. The van der Waals surface area contributed by atoms with Crippen LogP contribution in [0.15, 0.2) is 51.7 Å². The average molecular weight is 498 g/mol. The molecule has 0 atom stereocenters. The predicted molar refractivity (Wildman–Crippen MR) is 120 cm³/mol. The van der Waals surface area contributed by atoms with Gasteiger partial charge in [-0.2, -0.15) is 0 Å². The van der Waals surface area contributed by atoms with E-state index in [1.807, 2.05) is 0 Å². The molecule has 0 radical (unpaired) electrons. The minimum absolute atomic E-state index is 0.0184. The van der Waals surface area contributed by atoms with Crippen LogP contribution in [0.2, 0.25) is 5.15 Å². The molecule has 1 amide bonds. The lowest BCUT2D eigenvalue weighted by Crippen LogP contribution is -2.33. The molecule has 0 fully saturated rings.